The maximum absolute atomic E-state index is 10.5. The second-order valence-corrected chi connectivity index (χ2v) is 12.0. The van der Waals surface area contributed by atoms with Gasteiger partial charge in [0, 0.05) is 24.6 Å². The van der Waals surface area contributed by atoms with Gasteiger partial charge in [0.25, 0.3) is 0 Å². The Balaban J connectivity index is -0.000000642. The molecule has 1 rings (SSSR count). The van der Waals surface area contributed by atoms with Gasteiger partial charge in [-0.1, -0.05) is 99.6 Å². The number of terminal acetylenes is 1. The van der Waals surface area contributed by atoms with Crippen LogP contribution in [0.25, 0.3) is 0 Å². The standard InChI is InChI=1S/C20H35NS.C7H14O.C2H2O2.C2H6/c1-6-14-22-15-10-13-21-18(4)19(16-17(2)3)20(5)11-8-7-9-12-20;1-6(8)5-7(2,3)4;1-2-4-3;1-2/h7-9,11,17,19,21H,4,6,10,12-16H2,1-3,5H3;5H2,1-4H3;1,3H;1-2H3. The summed E-state index contributed by atoms with van der Waals surface area (Å²) in [4.78, 5) is 13.5. The van der Waals surface area contributed by atoms with Crippen LogP contribution in [0.1, 0.15) is 101 Å². The van der Waals surface area contributed by atoms with Gasteiger partial charge in [-0.25, -0.2) is 0 Å². The predicted molar refractivity (Wildman–Crippen MR) is 162 cm³/mol. The van der Waals surface area contributed by atoms with Crippen molar-refractivity contribution in [1.82, 2.24) is 5.32 Å². The second-order valence-electron chi connectivity index (χ2n) is 10.7. The first-order valence-electron chi connectivity index (χ1n) is 13.4. The number of allylic oxidation sites excluding steroid dienone is 5. The van der Waals surface area contributed by atoms with Crippen molar-refractivity contribution in [1.29, 1.82) is 0 Å². The van der Waals surface area contributed by atoms with E-state index in [1.807, 2.05) is 13.8 Å². The average Bonchev–Trinajstić information content (AvgIpc) is 2.80. The monoisotopic (exact) mass is 523 g/mol. The Morgan fingerprint density at radius 2 is 1.86 bits per heavy atom. The van der Waals surface area contributed by atoms with E-state index in [-0.39, 0.29) is 16.6 Å². The SMILES string of the molecule is C#COO.C=C(NCCCSCCC)C(CC(C)C)C1(C)C=CC=CC1.CC.CC(=O)CC(C)(C)C. The van der Waals surface area contributed by atoms with Gasteiger partial charge in [0.05, 0.1) is 0 Å². The summed E-state index contributed by atoms with van der Waals surface area (Å²) in [6.45, 7) is 26.5. The Labute approximate surface area is 228 Å². The van der Waals surface area contributed by atoms with Gasteiger partial charge in [-0.05, 0) is 60.9 Å². The van der Waals surface area contributed by atoms with Gasteiger partial charge in [-0.2, -0.15) is 17.0 Å². The highest BCUT2D eigenvalue weighted by molar-refractivity contribution is 7.99. The van der Waals surface area contributed by atoms with E-state index >= 15 is 0 Å². The molecule has 4 nitrogen and oxygen atoms in total. The molecule has 0 aromatic rings. The highest BCUT2D eigenvalue weighted by Gasteiger charge is 2.33. The fraction of sp³-hybridized carbons (Fsp3) is 0.710. The van der Waals surface area contributed by atoms with Crippen molar-refractivity contribution >= 4 is 17.5 Å². The number of thioether (sulfide) groups is 1. The summed E-state index contributed by atoms with van der Waals surface area (Å²) >= 11 is 2.06. The fourth-order valence-electron chi connectivity index (χ4n) is 3.82. The molecule has 0 spiro atoms. The number of hydrogen-bond donors (Lipinski definition) is 2. The van der Waals surface area contributed by atoms with Gasteiger partial charge in [0.2, 0.25) is 0 Å². The summed E-state index contributed by atoms with van der Waals surface area (Å²) in [5, 5.41) is 10.8. The molecule has 0 amide bonds. The zero-order chi connectivity index (χ0) is 28.6. The predicted octanol–water partition coefficient (Wildman–Crippen LogP) is 8.91. The number of carbonyl (C=O) groups is 1. The van der Waals surface area contributed by atoms with Crippen LogP contribution in [-0.2, 0) is 9.68 Å². The summed E-state index contributed by atoms with van der Waals surface area (Å²) < 4.78 is 0. The molecule has 2 atom stereocenters. The van der Waals surface area contributed by atoms with Crippen molar-refractivity contribution in [3.05, 3.63) is 36.6 Å². The van der Waals surface area contributed by atoms with Crippen LogP contribution in [0, 0.1) is 35.2 Å². The zero-order valence-corrected chi connectivity index (χ0v) is 25.9. The Bertz CT molecular complexity index is 656. The molecular weight excluding hydrogens is 466 g/mol. The lowest BCUT2D eigenvalue weighted by molar-refractivity contribution is -0.171. The van der Waals surface area contributed by atoms with E-state index in [4.69, 9.17) is 5.26 Å². The third-order valence-electron chi connectivity index (χ3n) is 5.20. The Morgan fingerprint density at radius 1 is 1.28 bits per heavy atom. The first kappa shape index (κ1) is 38.9. The molecule has 210 valence electrons. The molecule has 0 radical (unpaired) electrons. The smallest absolute Gasteiger partial charge is 0.153 e. The van der Waals surface area contributed by atoms with Crippen LogP contribution in [0.5, 0.6) is 0 Å². The van der Waals surface area contributed by atoms with Crippen molar-refractivity contribution < 1.29 is 14.9 Å². The first-order valence-corrected chi connectivity index (χ1v) is 14.6. The number of Topliss-reactive ketones (excluding diaryl/α,β-unsaturated/α-hetero) is 1. The molecule has 0 saturated carbocycles. The summed E-state index contributed by atoms with van der Waals surface area (Å²) in [7, 11) is 0. The van der Waals surface area contributed by atoms with Crippen LogP contribution >= 0.6 is 11.8 Å². The van der Waals surface area contributed by atoms with Gasteiger partial charge in [0.1, 0.15) is 5.78 Å². The van der Waals surface area contributed by atoms with Crippen LogP contribution < -0.4 is 5.32 Å². The molecule has 5 heteroatoms. The molecular formula is C31H57NO3S. The van der Waals surface area contributed by atoms with E-state index in [2.05, 4.69) is 108 Å². The van der Waals surface area contributed by atoms with Crippen molar-refractivity contribution in [2.75, 3.05) is 18.1 Å². The maximum atomic E-state index is 10.5. The minimum atomic E-state index is 0.172. The van der Waals surface area contributed by atoms with E-state index in [1.165, 1.54) is 42.6 Å². The molecule has 0 fully saturated rings. The second kappa shape index (κ2) is 23.7. The quantitative estimate of drug-likeness (QED) is 0.116. The van der Waals surface area contributed by atoms with Gasteiger partial charge < -0.3 is 10.1 Å². The largest absolute Gasteiger partial charge is 0.389 e. The van der Waals surface area contributed by atoms with Gasteiger partial charge in [-0.3, -0.25) is 4.89 Å². The summed E-state index contributed by atoms with van der Waals surface area (Å²) in [6.07, 6.45) is 20.3. The van der Waals surface area contributed by atoms with E-state index in [0.717, 1.165) is 13.0 Å². The Morgan fingerprint density at radius 3 is 2.22 bits per heavy atom. The highest BCUT2D eigenvalue weighted by Crippen LogP contribution is 2.42. The zero-order valence-electron chi connectivity index (χ0n) is 25.1. The fourth-order valence-corrected chi connectivity index (χ4v) is 4.66. The first-order chi connectivity index (χ1) is 16.8. The third kappa shape index (κ3) is 24.1. The number of rotatable bonds is 12. The van der Waals surface area contributed by atoms with Crippen molar-refractivity contribution in [3.8, 4) is 12.5 Å². The number of ketones is 1. The van der Waals surface area contributed by atoms with Crippen LogP contribution in [-0.4, -0.2) is 29.1 Å². The highest BCUT2D eigenvalue weighted by atomic mass is 32.2. The summed E-state index contributed by atoms with van der Waals surface area (Å²) in [5.74, 6) is 4.02. The topological polar surface area (TPSA) is 58.6 Å². The molecule has 1 aliphatic carbocycles. The van der Waals surface area contributed by atoms with Gasteiger partial charge in [0.15, 0.2) is 6.11 Å². The number of nitrogens with one attached hydrogen (secondary N) is 1. The molecule has 2 unspecified atom stereocenters. The molecule has 36 heavy (non-hydrogen) atoms. The Kier molecular flexibility index (Phi) is 25.6. The van der Waals surface area contributed by atoms with Crippen molar-refractivity contribution in [2.24, 2.45) is 22.7 Å². The molecule has 0 aromatic carbocycles. The van der Waals surface area contributed by atoms with Gasteiger partial charge >= 0.3 is 0 Å². The third-order valence-corrected chi connectivity index (χ3v) is 6.48. The van der Waals surface area contributed by atoms with E-state index < -0.39 is 0 Å². The van der Waals surface area contributed by atoms with Crippen LogP contribution in [0.4, 0.5) is 0 Å². The molecule has 0 aliphatic heterocycles. The maximum Gasteiger partial charge on any atom is 0.153 e. The normalized spacial score (nSPS) is 16.6. The number of carbonyl (C=O) groups excluding carboxylic acids is 1. The van der Waals surface area contributed by atoms with Crippen LogP contribution in [0.3, 0.4) is 0 Å². The molecule has 0 bridgehead atoms. The lowest BCUT2D eigenvalue weighted by atomic mass is 9.68. The lowest BCUT2D eigenvalue weighted by Gasteiger charge is -2.38. The van der Waals surface area contributed by atoms with E-state index in [9.17, 15) is 4.79 Å². The Hall–Kier alpha value is -1.64. The molecule has 0 saturated heterocycles. The minimum Gasteiger partial charge on any atom is -0.389 e. The van der Waals surface area contributed by atoms with Crippen molar-refractivity contribution in [2.45, 2.75) is 101 Å². The van der Waals surface area contributed by atoms with Crippen LogP contribution in [0.2, 0.25) is 0 Å². The lowest BCUT2D eigenvalue weighted by Crippen LogP contribution is -2.34. The van der Waals surface area contributed by atoms with Crippen molar-refractivity contribution in [3.63, 3.8) is 0 Å². The summed E-state index contributed by atoms with van der Waals surface area (Å²) in [6, 6.07) is 0. The van der Waals surface area contributed by atoms with Crippen LogP contribution in [0.15, 0.2) is 36.6 Å². The number of hydrogen-bond acceptors (Lipinski definition) is 5. The molecule has 2 N–H and O–H groups in total. The summed E-state index contributed by atoms with van der Waals surface area (Å²) in [5.41, 5.74) is 1.61. The molecule has 0 heterocycles. The average molecular weight is 524 g/mol. The van der Waals surface area contributed by atoms with E-state index in [0.29, 0.717) is 18.3 Å². The molecule has 0 aromatic heterocycles. The van der Waals surface area contributed by atoms with Gasteiger partial charge in [-0.15, -0.1) is 0 Å². The van der Waals surface area contributed by atoms with E-state index in [1.54, 1.807) is 6.92 Å². The minimum absolute atomic E-state index is 0.172. The molecule has 1 aliphatic rings.